The lowest BCUT2D eigenvalue weighted by Gasteiger charge is -2.34. The van der Waals surface area contributed by atoms with Crippen LogP contribution in [0.4, 0.5) is 5.69 Å². The molecule has 0 aliphatic rings. The van der Waals surface area contributed by atoms with Crippen LogP contribution in [0.5, 0.6) is 5.75 Å². The zero-order valence-electron chi connectivity index (χ0n) is 25.0. The second-order valence-corrected chi connectivity index (χ2v) is 12.9. The first kappa shape index (κ1) is 33.8. The van der Waals surface area contributed by atoms with Gasteiger partial charge in [-0.2, -0.15) is 0 Å². The van der Waals surface area contributed by atoms with E-state index in [2.05, 4.69) is 5.32 Å². The smallest absolute Gasteiger partial charge is 0.264 e. The van der Waals surface area contributed by atoms with Gasteiger partial charge in [0, 0.05) is 29.6 Å². The molecule has 4 rings (SSSR count). The molecule has 45 heavy (non-hydrogen) atoms. The molecular weight excluding hydrogens is 633 g/mol. The Balaban J connectivity index is 1.79. The fourth-order valence-corrected chi connectivity index (χ4v) is 6.57. The Morgan fingerprint density at radius 3 is 2.11 bits per heavy atom. The van der Waals surface area contributed by atoms with Gasteiger partial charge in [0.15, 0.2) is 0 Å². The highest BCUT2D eigenvalue weighted by Gasteiger charge is 2.34. The first-order chi connectivity index (χ1) is 21.6. The minimum atomic E-state index is -4.25. The molecule has 4 aromatic carbocycles. The van der Waals surface area contributed by atoms with Crippen molar-refractivity contribution in [3.8, 4) is 5.75 Å². The van der Waals surface area contributed by atoms with E-state index in [4.69, 9.17) is 27.9 Å². The molecule has 0 aromatic heterocycles. The highest BCUT2D eigenvalue weighted by atomic mass is 35.5. The standard InChI is InChI=1S/C34H35Cl2N3O5S/c1-3-37-34(41)32(22-25-9-6-5-7-10-25)38(23-26-11-8-12-28(36)21-26)33(40)24-39(29-15-17-30(18-16-29)44-4-2)45(42,43)31-19-13-27(35)14-20-31/h5-21,32H,3-4,22-24H2,1-2H3,(H,37,41). The van der Waals surface area contributed by atoms with Crippen LogP contribution in [0, 0.1) is 0 Å². The molecule has 0 aliphatic heterocycles. The van der Waals surface area contributed by atoms with Crippen LogP contribution >= 0.6 is 23.2 Å². The number of nitrogens with zero attached hydrogens (tertiary/aromatic N) is 2. The highest BCUT2D eigenvalue weighted by Crippen LogP contribution is 2.28. The van der Waals surface area contributed by atoms with Crippen molar-refractivity contribution in [1.82, 2.24) is 10.2 Å². The molecule has 1 unspecified atom stereocenters. The van der Waals surface area contributed by atoms with Crippen molar-refractivity contribution in [2.45, 2.75) is 37.8 Å². The summed E-state index contributed by atoms with van der Waals surface area (Å²) in [6, 6.07) is 27.6. The third-order valence-corrected chi connectivity index (χ3v) is 9.26. The predicted octanol–water partition coefficient (Wildman–Crippen LogP) is 6.36. The number of likely N-dealkylation sites (N-methyl/N-ethyl adjacent to an activating group) is 1. The monoisotopic (exact) mass is 667 g/mol. The molecular formula is C34H35Cl2N3O5S. The molecule has 0 heterocycles. The number of ether oxygens (including phenoxy) is 1. The van der Waals surface area contributed by atoms with E-state index in [1.807, 2.05) is 37.3 Å². The molecule has 0 aliphatic carbocycles. The summed E-state index contributed by atoms with van der Waals surface area (Å²) >= 11 is 12.3. The SMILES string of the molecule is CCNC(=O)C(Cc1ccccc1)N(Cc1cccc(Cl)c1)C(=O)CN(c1ccc(OCC)cc1)S(=O)(=O)c1ccc(Cl)cc1. The fourth-order valence-electron chi connectivity index (χ4n) is 4.82. The van der Waals surface area contributed by atoms with Crippen molar-refractivity contribution >= 4 is 50.7 Å². The van der Waals surface area contributed by atoms with Crippen LogP contribution in [-0.4, -0.2) is 50.9 Å². The second-order valence-electron chi connectivity index (χ2n) is 10.1. The molecule has 0 spiro atoms. The summed E-state index contributed by atoms with van der Waals surface area (Å²) < 4.78 is 34.8. The lowest BCUT2D eigenvalue weighted by Crippen LogP contribution is -2.53. The number of halogens is 2. The molecule has 8 nitrogen and oxygen atoms in total. The number of carbonyl (C=O) groups excluding carboxylic acids is 2. The number of hydrogen-bond donors (Lipinski definition) is 1. The van der Waals surface area contributed by atoms with Gasteiger partial charge in [-0.15, -0.1) is 0 Å². The molecule has 4 aromatic rings. The largest absolute Gasteiger partial charge is 0.494 e. The lowest BCUT2D eigenvalue weighted by molar-refractivity contribution is -0.140. The third-order valence-electron chi connectivity index (χ3n) is 6.98. The number of nitrogens with one attached hydrogen (secondary N) is 1. The van der Waals surface area contributed by atoms with Crippen LogP contribution in [0.15, 0.2) is 108 Å². The molecule has 0 saturated heterocycles. The van der Waals surface area contributed by atoms with E-state index in [0.29, 0.717) is 34.5 Å². The zero-order valence-corrected chi connectivity index (χ0v) is 27.4. The van der Waals surface area contributed by atoms with Crippen molar-refractivity contribution < 1.29 is 22.7 Å². The van der Waals surface area contributed by atoms with Crippen molar-refractivity contribution in [3.63, 3.8) is 0 Å². The van der Waals surface area contributed by atoms with Crippen LogP contribution in [0.3, 0.4) is 0 Å². The molecule has 1 N–H and O–H groups in total. The number of benzene rings is 4. The van der Waals surface area contributed by atoms with Crippen molar-refractivity contribution in [3.05, 3.63) is 124 Å². The minimum absolute atomic E-state index is 0.0200. The maximum absolute atomic E-state index is 14.4. The van der Waals surface area contributed by atoms with Gasteiger partial charge in [-0.05, 0) is 85.6 Å². The van der Waals surface area contributed by atoms with Gasteiger partial charge in [0.1, 0.15) is 18.3 Å². The number of anilines is 1. The lowest BCUT2D eigenvalue weighted by atomic mass is 10.0. The Morgan fingerprint density at radius 1 is 0.822 bits per heavy atom. The molecule has 11 heteroatoms. The maximum atomic E-state index is 14.4. The van der Waals surface area contributed by atoms with Crippen LogP contribution < -0.4 is 14.4 Å². The van der Waals surface area contributed by atoms with Crippen LogP contribution in [-0.2, 0) is 32.6 Å². The summed E-state index contributed by atoms with van der Waals surface area (Å²) in [5.74, 6) is -0.378. The summed E-state index contributed by atoms with van der Waals surface area (Å²) in [4.78, 5) is 29.4. The highest BCUT2D eigenvalue weighted by molar-refractivity contribution is 7.92. The van der Waals surface area contributed by atoms with Gasteiger partial charge in [-0.1, -0.05) is 65.7 Å². The average molecular weight is 669 g/mol. The van der Waals surface area contributed by atoms with Crippen LogP contribution in [0.25, 0.3) is 0 Å². The topological polar surface area (TPSA) is 96.0 Å². The Morgan fingerprint density at radius 2 is 1.49 bits per heavy atom. The summed E-state index contributed by atoms with van der Waals surface area (Å²) in [6.07, 6.45) is 0.214. The molecule has 0 radical (unpaired) electrons. The molecule has 0 fully saturated rings. The third kappa shape index (κ3) is 9.00. The Kier molecular flexibility index (Phi) is 11.9. The van der Waals surface area contributed by atoms with Gasteiger partial charge in [-0.25, -0.2) is 8.42 Å². The second kappa shape index (κ2) is 15.8. The van der Waals surface area contributed by atoms with E-state index >= 15 is 0 Å². The van der Waals surface area contributed by atoms with Crippen molar-refractivity contribution in [2.75, 3.05) is 24.0 Å². The van der Waals surface area contributed by atoms with Crippen molar-refractivity contribution in [2.24, 2.45) is 0 Å². The van der Waals surface area contributed by atoms with Gasteiger partial charge in [-0.3, -0.25) is 13.9 Å². The molecule has 236 valence electrons. The first-order valence-electron chi connectivity index (χ1n) is 14.5. The number of sulfonamides is 1. The van der Waals surface area contributed by atoms with E-state index in [0.717, 1.165) is 9.87 Å². The van der Waals surface area contributed by atoms with E-state index in [9.17, 15) is 18.0 Å². The number of rotatable bonds is 14. The Bertz CT molecular complexity index is 1690. The number of carbonyl (C=O) groups is 2. The minimum Gasteiger partial charge on any atom is -0.494 e. The van der Waals surface area contributed by atoms with E-state index < -0.39 is 28.5 Å². The zero-order chi connectivity index (χ0) is 32.4. The Labute approximate surface area is 274 Å². The number of hydrogen-bond acceptors (Lipinski definition) is 5. The summed E-state index contributed by atoms with van der Waals surface area (Å²) in [6.45, 7) is 3.88. The number of amides is 2. The predicted molar refractivity (Wildman–Crippen MR) is 178 cm³/mol. The fraction of sp³-hybridized carbons (Fsp3) is 0.235. The van der Waals surface area contributed by atoms with E-state index in [1.165, 1.54) is 29.2 Å². The van der Waals surface area contributed by atoms with Gasteiger partial charge < -0.3 is 15.0 Å². The summed E-state index contributed by atoms with van der Waals surface area (Å²) in [5.41, 5.74) is 1.78. The molecule has 1 atom stereocenters. The van der Waals surface area contributed by atoms with Gasteiger partial charge in [0.05, 0.1) is 17.2 Å². The molecule has 0 bridgehead atoms. The normalized spacial score (nSPS) is 11.8. The van der Waals surface area contributed by atoms with Crippen LogP contribution in [0.1, 0.15) is 25.0 Å². The van der Waals surface area contributed by atoms with Crippen LogP contribution in [0.2, 0.25) is 10.0 Å². The maximum Gasteiger partial charge on any atom is 0.264 e. The van der Waals surface area contributed by atoms with E-state index in [1.54, 1.807) is 55.5 Å². The van der Waals surface area contributed by atoms with E-state index in [-0.39, 0.29) is 29.5 Å². The first-order valence-corrected chi connectivity index (χ1v) is 16.7. The quantitative estimate of drug-likeness (QED) is 0.169. The molecule has 2 amide bonds. The van der Waals surface area contributed by atoms with Crippen molar-refractivity contribution in [1.29, 1.82) is 0 Å². The Hall–Kier alpha value is -4.05. The van der Waals surface area contributed by atoms with Gasteiger partial charge in [0.25, 0.3) is 10.0 Å². The molecule has 0 saturated carbocycles. The summed E-state index contributed by atoms with van der Waals surface area (Å²) in [5, 5.41) is 3.69. The van der Waals surface area contributed by atoms with Gasteiger partial charge >= 0.3 is 0 Å². The summed E-state index contributed by atoms with van der Waals surface area (Å²) in [7, 11) is -4.25. The van der Waals surface area contributed by atoms with Gasteiger partial charge in [0.2, 0.25) is 11.8 Å². The average Bonchev–Trinajstić information content (AvgIpc) is 3.03.